The summed E-state index contributed by atoms with van der Waals surface area (Å²) in [4.78, 5) is 4.59. The molecule has 0 amide bonds. The first kappa shape index (κ1) is 12.9. The van der Waals surface area contributed by atoms with E-state index in [2.05, 4.69) is 36.1 Å². The highest BCUT2D eigenvalue weighted by Crippen LogP contribution is 2.07. The molecule has 1 aliphatic rings. The lowest BCUT2D eigenvalue weighted by atomic mass is 10.2. The van der Waals surface area contributed by atoms with Gasteiger partial charge in [-0.05, 0) is 27.4 Å². The van der Waals surface area contributed by atoms with Crippen molar-refractivity contribution in [2.45, 2.75) is 25.4 Å². The molecule has 0 saturated carbocycles. The van der Waals surface area contributed by atoms with Crippen molar-refractivity contribution in [1.29, 1.82) is 0 Å². The van der Waals surface area contributed by atoms with Gasteiger partial charge in [-0.15, -0.1) is 0 Å². The first-order valence-electron chi connectivity index (χ1n) is 5.86. The van der Waals surface area contributed by atoms with Gasteiger partial charge in [-0.3, -0.25) is 4.90 Å². The average Bonchev–Trinajstić information content (AvgIpc) is 2.37. The topological polar surface area (TPSA) is 38.7 Å². The zero-order chi connectivity index (χ0) is 11.3. The molecule has 1 saturated heterocycles. The van der Waals surface area contributed by atoms with Crippen molar-refractivity contribution in [3.63, 3.8) is 0 Å². The van der Waals surface area contributed by atoms with Crippen molar-refractivity contribution in [2.75, 3.05) is 46.9 Å². The molecule has 90 valence electrons. The molecule has 0 aromatic carbocycles. The highest BCUT2D eigenvalue weighted by atomic mass is 16.3. The van der Waals surface area contributed by atoms with Gasteiger partial charge >= 0.3 is 0 Å². The molecule has 1 fully saturated rings. The smallest absolute Gasteiger partial charge is 0.0599 e. The summed E-state index contributed by atoms with van der Waals surface area (Å²) in [7, 11) is 4.18. The molecular weight excluding hydrogens is 190 g/mol. The van der Waals surface area contributed by atoms with Crippen LogP contribution in [0.5, 0.6) is 0 Å². The van der Waals surface area contributed by atoms with Gasteiger partial charge in [0.15, 0.2) is 0 Å². The third-order valence-corrected chi connectivity index (χ3v) is 3.11. The number of nitrogens with zero attached hydrogens (tertiary/aromatic N) is 2. The Labute approximate surface area is 93.2 Å². The average molecular weight is 215 g/mol. The third kappa shape index (κ3) is 4.47. The van der Waals surface area contributed by atoms with Gasteiger partial charge in [0.2, 0.25) is 0 Å². The summed E-state index contributed by atoms with van der Waals surface area (Å²) in [6.45, 7) is 6.58. The predicted molar refractivity (Wildman–Crippen MR) is 63.1 cm³/mol. The van der Waals surface area contributed by atoms with Crippen LogP contribution in [0.25, 0.3) is 0 Å². The Morgan fingerprint density at radius 1 is 1.47 bits per heavy atom. The van der Waals surface area contributed by atoms with Crippen molar-refractivity contribution in [2.24, 2.45) is 0 Å². The van der Waals surface area contributed by atoms with Crippen molar-refractivity contribution in [3.05, 3.63) is 0 Å². The second-order valence-electron chi connectivity index (χ2n) is 4.77. The van der Waals surface area contributed by atoms with Gasteiger partial charge in [0, 0.05) is 38.3 Å². The van der Waals surface area contributed by atoms with Crippen LogP contribution in [0.1, 0.15) is 13.3 Å². The molecule has 0 bridgehead atoms. The minimum atomic E-state index is 0.257. The standard InChI is InChI=1S/C11H25N3O/c1-10-4-5-14(7-6-13(2)3)11(9-15)8-12-10/h10-12,15H,4-9H2,1-3H3. The van der Waals surface area contributed by atoms with Crippen LogP contribution >= 0.6 is 0 Å². The Kier molecular flexibility index (Phi) is 5.53. The summed E-state index contributed by atoms with van der Waals surface area (Å²) >= 11 is 0. The van der Waals surface area contributed by atoms with Gasteiger partial charge in [0.05, 0.1) is 6.61 Å². The van der Waals surface area contributed by atoms with E-state index in [4.69, 9.17) is 0 Å². The maximum absolute atomic E-state index is 9.34. The molecule has 2 atom stereocenters. The summed E-state index contributed by atoms with van der Waals surface area (Å²) in [5, 5.41) is 12.8. The van der Waals surface area contributed by atoms with Gasteiger partial charge in [-0.1, -0.05) is 0 Å². The van der Waals surface area contributed by atoms with Crippen LogP contribution in [-0.2, 0) is 0 Å². The van der Waals surface area contributed by atoms with Crippen LogP contribution in [0.2, 0.25) is 0 Å². The number of aliphatic hydroxyl groups excluding tert-OH is 1. The number of nitrogens with one attached hydrogen (secondary N) is 1. The molecule has 15 heavy (non-hydrogen) atoms. The van der Waals surface area contributed by atoms with Gasteiger partial charge in [-0.2, -0.15) is 0 Å². The van der Waals surface area contributed by atoms with E-state index in [9.17, 15) is 5.11 Å². The molecule has 0 aromatic heterocycles. The zero-order valence-corrected chi connectivity index (χ0v) is 10.2. The molecule has 4 nitrogen and oxygen atoms in total. The maximum Gasteiger partial charge on any atom is 0.0599 e. The Balaban J connectivity index is 2.42. The highest BCUT2D eigenvalue weighted by Gasteiger charge is 2.22. The second kappa shape index (κ2) is 6.43. The maximum atomic E-state index is 9.34. The Morgan fingerprint density at radius 2 is 2.20 bits per heavy atom. The van der Waals surface area contributed by atoms with Crippen molar-refractivity contribution in [3.8, 4) is 0 Å². The third-order valence-electron chi connectivity index (χ3n) is 3.11. The zero-order valence-electron chi connectivity index (χ0n) is 10.2. The number of likely N-dealkylation sites (N-methyl/N-ethyl adjacent to an activating group) is 1. The molecule has 2 unspecified atom stereocenters. The van der Waals surface area contributed by atoms with E-state index in [0.29, 0.717) is 6.04 Å². The van der Waals surface area contributed by atoms with E-state index in [1.807, 2.05) is 0 Å². The SMILES string of the molecule is CC1CCN(CCN(C)C)C(CO)CN1. The molecule has 2 N–H and O–H groups in total. The lowest BCUT2D eigenvalue weighted by Crippen LogP contribution is -2.45. The van der Waals surface area contributed by atoms with E-state index in [-0.39, 0.29) is 12.6 Å². The normalized spacial score (nSPS) is 29.4. The summed E-state index contributed by atoms with van der Waals surface area (Å²) in [5.74, 6) is 0. The Hall–Kier alpha value is -0.160. The quantitative estimate of drug-likeness (QED) is 0.669. The van der Waals surface area contributed by atoms with Crippen LogP contribution in [0, 0.1) is 0 Å². The molecule has 1 heterocycles. The summed E-state index contributed by atoms with van der Waals surface area (Å²) < 4.78 is 0. The lowest BCUT2D eigenvalue weighted by Gasteiger charge is -2.29. The molecule has 1 aliphatic heterocycles. The molecule has 0 spiro atoms. The number of rotatable bonds is 4. The molecule has 0 aromatic rings. The number of aliphatic hydroxyl groups is 1. The fraction of sp³-hybridized carbons (Fsp3) is 1.00. The van der Waals surface area contributed by atoms with E-state index in [1.165, 1.54) is 6.42 Å². The summed E-state index contributed by atoms with van der Waals surface area (Å²) in [6, 6.07) is 0.860. The largest absolute Gasteiger partial charge is 0.395 e. The van der Waals surface area contributed by atoms with E-state index in [1.54, 1.807) is 0 Å². The second-order valence-corrected chi connectivity index (χ2v) is 4.77. The van der Waals surface area contributed by atoms with Gasteiger partial charge in [-0.25, -0.2) is 0 Å². The molecule has 0 aliphatic carbocycles. The van der Waals surface area contributed by atoms with Crippen LogP contribution < -0.4 is 5.32 Å². The van der Waals surface area contributed by atoms with Crippen LogP contribution in [0.15, 0.2) is 0 Å². The summed E-state index contributed by atoms with van der Waals surface area (Å²) in [6.07, 6.45) is 1.17. The van der Waals surface area contributed by atoms with Crippen molar-refractivity contribution >= 4 is 0 Å². The highest BCUT2D eigenvalue weighted by molar-refractivity contribution is 4.80. The first-order chi connectivity index (χ1) is 7.13. The fourth-order valence-corrected chi connectivity index (χ4v) is 1.91. The van der Waals surface area contributed by atoms with Crippen LogP contribution in [0.3, 0.4) is 0 Å². The number of hydrogen-bond acceptors (Lipinski definition) is 4. The molecular formula is C11H25N3O. The van der Waals surface area contributed by atoms with E-state index >= 15 is 0 Å². The molecule has 4 heteroatoms. The molecule has 1 rings (SSSR count). The monoisotopic (exact) mass is 215 g/mol. The fourth-order valence-electron chi connectivity index (χ4n) is 1.91. The first-order valence-corrected chi connectivity index (χ1v) is 5.86. The van der Waals surface area contributed by atoms with Crippen LogP contribution in [0.4, 0.5) is 0 Å². The Bertz CT molecular complexity index is 175. The number of hydrogen-bond donors (Lipinski definition) is 2. The Morgan fingerprint density at radius 3 is 2.80 bits per heavy atom. The van der Waals surface area contributed by atoms with Gasteiger partial charge in [0.1, 0.15) is 0 Å². The predicted octanol–water partition coefficient (Wildman–Crippen LogP) is -0.407. The van der Waals surface area contributed by atoms with E-state index in [0.717, 1.165) is 26.2 Å². The van der Waals surface area contributed by atoms with Crippen molar-refractivity contribution in [1.82, 2.24) is 15.1 Å². The van der Waals surface area contributed by atoms with Gasteiger partial charge in [0.25, 0.3) is 0 Å². The minimum Gasteiger partial charge on any atom is -0.395 e. The van der Waals surface area contributed by atoms with Crippen molar-refractivity contribution < 1.29 is 5.11 Å². The lowest BCUT2D eigenvalue weighted by molar-refractivity contribution is 0.124. The van der Waals surface area contributed by atoms with Gasteiger partial charge < -0.3 is 15.3 Å². The minimum absolute atomic E-state index is 0.257. The molecule has 0 radical (unpaired) electrons. The van der Waals surface area contributed by atoms with E-state index < -0.39 is 0 Å². The summed E-state index contributed by atoms with van der Waals surface area (Å²) in [5.41, 5.74) is 0. The van der Waals surface area contributed by atoms with Crippen LogP contribution in [-0.4, -0.2) is 73.9 Å².